The highest BCUT2D eigenvalue weighted by Crippen LogP contribution is 2.19. The van der Waals surface area contributed by atoms with Crippen molar-refractivity contribution in [1.29, 1.82) is 0 Å². The van der Waals surface area contributed by atoms with Gasteiger partial charge < -0.3 is 4.90 Å². The molecule has 2 aromatic rings. The van der Waals surface area contributed by atoms with Gasteiger partial charge in [-0.3, -0.25) is 4.90 Å². The van der Waals surface area contributed by atoms with Crippen LogP contribution in [0.25, 0.3) is 0 Å². The van der Waals surface area contributed by atoms with Crippen molar-refractivity contribution < 1.29 is 13.2 Å². The molecule has 1 atom stereocenters. The minimum atomic E-state index is -3.94. The maximum absolute atomic E-state index is 12.7. The number of sulfonamides is 1. The molecule has 6 nitrogen and oxygen atoms in total. The zero-order valence-corrected chi connectivity index (χ0v) is 17.3. The number of carbonyl (C=O) groups is 1. The molecule has 150 valence electrons. The molecule has 2 aromatic carbocycles. The van der Waals surface area contributed by atoms with E-state index in [1.54, 1.807) is 4.90 Å². The number of likely N-dealkylation sites (N-methyl/N-ethyl adjacent to an activating group) is 1. The average molecular weight is 422 g/mol. The number of amides is 2. The number of rotatable bonds is 6. The molecule has 0 radical (unpaired) electrons. The topological polar surface area (TPSA) is 69.7 Å². The number of hydrogen-bond acceptors (Lipinski definition) is 4. The SMILES string of the molecule is CCN(C(=O)NS(=O)(=O)c1ccc(Cl)cc1)C1CCN(Cc2ccccc2)C1. The van der Waals surface area contributed by atoms with Crippen LogP contribution >= 0.6 is 11.6 Å². The molecule has 0 spiro atoms. The number of likely N-dealkylation sites (tertiary alicyclic amines) is 1. The summed E-state index contributed by atoms with van der Waals surface area (Å²) < 4.78 is 27.1. The smallest absolute Gasteiger partial charge is 0.320 e. The molecule has 1 N–H and O–H groups in total. The fraction of sp³-hybridized carbons (Fsp3) is 0.350. The van der Waals surface area contributed by atoms with E-state index < -0.39 is 16.1 Å². The number of carbonyl (C=O) groups excluding carboxylic acids is 1. The Bertz CT molecular complexity index is 904. The van der Waals surface area contributed by atoms with Crippen LogP contribution in [-0.2, 0) is 16.6 Å². The molecule has 1 fully saturated rings. The van der Waals surface area contributed by atoms with E-state index in [1.807, 2.05) is 25.1 Å². The Morgan fingerprint density at radius 2 is 1.86 bits per heavy atom. The summed E-state index contributed by atoms with van der Waals surface area (Å²) in [4.78, 5) is 16.6. The van der Waals surface area contributed by atoms with Crippen LogP contribution in [0.1, 0.15) is 18.9 Å². The van der Waals surface area contributed by atoms with E-state index in [4.69, 9.17) is 11.6 Å². The molecular weight excluding hydrogens is 398 g/mol. The van der Waals surface area contributed by atoms with Gasteiger partial charge in [-0.05, 0) is 43.2 Å². The summed E-state index contributed by atoms with van der Waals surface area (Å²) in [7, 11) is -3.94. The molecule has 8 heteroatoms. The predicted octanol–water partition coefficient (Wildman–Crippen LogP) is 3.33. The molecule has 1 aliphatic heterocycles. The molecule has 1 unspecified atom stereocenters. The first-order chi connectivity index (χ1) is 13.4. The lowest BCUT2D eigenvalue weighted by atomic mass is 10.2. The van der Waals surface area contributed by atoms with Crippen molar-refractivity contribution in [2.75, 3.05) is 19.6 Å². The largest absolute Gasteiger partial charge is 0.331 e. The number of benzene rings is 2. The van der Waals surface area contributed by atoms with E-state index in [0.717, 1.165) is 26.1 Å². The highest BCUT2D eigenvalue weighted by atomic mass is 35.5. The standard InChI is InChI=1S/C20H24ClN3O3S/c1-2-24(18-12-13-23(15-18)14-16-6-4-3-5-7-16)20(25)22-28(26,27)19-10-8-17(21)9-11-19/h3-11,18H,2,12-15H2,1H3,(H,22,25). The lowest BCUT2D eigenvalue weighted by molar-refractivity contribution is 0.182. The Hall–Kier alpha value is -2.09. The minimum Gasteiger partial charge on any atom is -0.320 e. The van der Waals surface area contributed by atoms with Crippen LogP contribution < -0.4 is 4.72 Å². The van der Waals surface area contributed by atoms with Crippen LogP contribution in [-0.4, -0.2) is 49.9 Å². The van der Waals surface area contributed by atoms with Crippen molar-refractivity contribution in [2.24, 2.45) is 0 Å². The lowest BCUT2D eigenvalue weighted by Gasteiger charge is -2.28. The van der Waals surface area contributed by atoms with Crippen LogP contribution in [0.5, 0.6) is 0 Å². The van der Waals surface area contributed by atoms with Crippen molar-refractivity contribution in [3.8, 4) is 0 Å². The second-order valence-corrected chi connectivity index (χ2v) is 8.93. The van der Waals surface area contributed by atoms with Gasteiger partial charge >= 0.3 is 6.03 Å². The van der Waals surface area contributed by atoms with Gasteiger partial charge in [-0.15, -0.1) is 0 Å². The van der Waals surface area contributed by atoms with Crippen molar-refractivity contribution in [2.45, 2.75) is 30.8 Å². The van der Waals surface area contributed by atoms with Gasteiger partial charge in [0.15, 0.2) is 0 Å². The number of halogens is 1. The third-order valence-corrected chi connectivity index (χ3v) is 6.47. The fourth-order valence-electron chi connectivity index (χ4n) is 3.47. The third kappa shape index (κ3) is 5.04. The fourth-order valence-corrected chi connectivity index (χ4v) is 4.55. The molecule has 2 amide bonds. The first-order valence-electron chi connectivity index (χ1n) is 9.24. The minimum absolute atomic E-state index is 0.0124. The zero-order chi connectivity index (χ0) is 20.1. The first kappa shape index (κ1) is 20.6. The van der Waals surface area contributed by atoms with E-state index >= 15 is 0 Å². The van der Waals surface area contributed by atoms with E-state index in [-0.39, 0.29) is 10.9 Å². The summed E-state index contributed by atoms with van der Waals surface area (Å²) in [6.07, 6.45) is 0.815. The van der Waals surface area contributed by atoms with Crippen molar-refractivity contribution in [3.63, 3.8) is 0 Å². The second kappa shape index (κ2) is 8.94. The van der Waals surface area contributed by atoms with Crippen molar-refractivity contribution >= 4 is 27.7 Å². The van der Waals surface area contributed by atoms with Crippen LogP contribution in [0, 0.1) is 0 Å². The lowest BCUT2D eigenvalue weighted by Crippen LogP contribution is -2.48. The van der Waals surface area contributed by atoms with Gasteiger partial charge in [0.1, 0.15) is 0 Å². The van der Waals surface area contributed by atoms with Crippen molar-refractivity contribution in [3.05, 3.63) is 65.2 Å². The molecule has 3 rings (SSSR count). The molecule has 0 saturated carbocycles. The summed E-state index contributed by atoms with van der Waals surface area (Å²) in [6, 6.07) is 15.3. The Morgan fingerprint density at radius 1 is 1.18 bits per heavy atom. The van der Waals surface area contributed by atoms with E-state index in [1.165, 1.54) is 29.8 Å². The average Bonchev–Trinajstić information content (AvgIpc) is 3.11. The third-order valence-electron chi connectivity index (χ3n) is 4.88. The molecule has 0 aliphatic carbocycles. The van der Waals surface area contributed by atoms with Gasteiger partial charge in [-0.25, -0.2) is 17.9 Å². The predicted molar refractivity (Wildman–Crippen MR) is 110 cm³/mol. The van der Waals surface area contributed by atoms with Gasteiger partial charge in [0.2, 0.25) is 0 Å². The Morgan fingerprint density at radius 3 is 2.50 bits per heavy atom. The van der Waals surface area contributed by atoms with Crippen LogP contribution in [0.15, 0.2) is 59.5 Å². The number of hydrogen-bond donors (Lipinski definition) is 1. The van der Waals surface area contributed by atoms with E-state index in [0.29, 0.717) is 11.6 Å². The van der Waals surface area contributed by atoms with Gasteiger partial charge in [0, 0.05) is 37.2 Å². The highest BCUT2D eigenvalue weighted by molar-refractivity contribution is 7.90. The number of nitrogens with zero attached hydrogens (tertiary/aromatic N) is 2. The van der Waals surface area contributed by atoms with Crippen molar-refractivity contribution in [1.82, 2.24) is 14.5 Å². The summed E-state index contributed by atoms with van der Waals surface area (Å²) >= 11 is 5.80. The van der Waals surface area contributed by atoms with Gasteiger partial charge in [0.25, 0.3) is 10.0 Å². The molecular formula is C20H24ClN3O3S. The maximum Gasteiger partial charge on any atom is 0.331 e. The summed E-state index contributed by atoms with van der Waals surface area (Å²) in [5.74, 6) is 0. The second-order valence-electron chi connectivity index (χ2n) is 6.81. The summed E-state index contributed by atoms with van der Waals surface area (Å²) in [6.45, 7) is 4.70. The van der Waals surface area contributed by atoms with Crippen LogP contribution in [0.2, 0.25) is 5.02 Å². The Labute approximate surface area is 171 Å². The Balaban J connectivity index is 1.63. The molecule has 1 aliphatic rings. The highest BCUT2D eigenvalue weighted by Gasteiger charge is 2.31. The normalized spacial score (nSPS) is 17.4. The summed E-state index contributed by atoms with van der Waals surface area (Å²) in [5.41, 5.74) is 1.22. The van der Waals surface area contributed by atoms with Crippen LogP contribution in [0.3, 0.4) is 0 Å². The number of urea groups is 1. The van der Waals surface area contributed by atoms with E-state index in [2.05, 4.69) is 21.8 Å². The zero-order valence-electron chi connectivity index (χ0n) is 15.7. The molecule has 0 aromatic heterocycles. The molecule has 1 heterocycles. The molecule has 0 bridgehead atoms. The quantitative estimate of drug-likeness (QED) is 0.776. The number of nitrogens with one attached hydrogen (secondary N) is 1. The summed E-state index contributed by atoms with van der Waals surface area (Å²) in [5, 5.41) is 0.435. The monoisotopic (exact) mass is 421 g/mol. The first-order valence-corrected chi connectivity index (χ1v) is 11.1. The molecule has 1 saturated heterocycles. The Kier molecular flexibility index (Phi) is 6.59. The van der Waals surface area contributed by atoms with E-state index in [9.17, 15) is 13.2 Å². The molecule has 28 heavy (non-hydrogen) atoms. The van der Waals surface area contributed by atoms with Gasteiger partial charge in [0.05, 0.1) is 4.90 Å². The van der Waals surface area contributed by atoms with Gasteiger partial charge in [-0.2, -0.15) is 0 Å². The van der Waals surface area contributed by atoms with Crippen LogP contribution in [0.4, 0.5) is 4.79 Å². The maximum atomic E-state index is 12.7. The van der Waals surface area contributed by atoms with Gasteiger partial charge in [-0.1, -0.05) is 41.9 Å².